The number of ether oxygens (including phenoxy) is 1. The van der Waals surface area contributed by atoms with Crippen molar-refractivity contribution in [3.05, 3.63) is 48.4 Å². The summed E-state index contributed by atoms with van der Waals surface area (Å²) in [5, 5.41) is 5.29. The van der Waals surface area contributed by atoms with Gasteiger partial charge < -0.3 is 14.5 Å². The van der Waals surface area contributed by atoms with Gasteiger partial charge in [0.15, 0.2) is 5.65 Å². The maximum atomic E-state index is 13.5. The molecular weight excluding hydrogens is 394 g/mol. The fourth-order valence-corrected chi connectivity index (χ4v) is 4.50. The fourth-order valence-electron chi connectivity index (χ4n) is 4.50. The summed E-state index contributed by atoms with van der Waals surface area (Å²) in [6.45, 7) is 5.67. The van der Waals surface area contributed by atoms with Crippen LogP contribution in [0.25, 0.3) is 11.0 Å². The molecule has 2 aliphatic heterocycles. The molecule has 0 bridgehead atoms. The number of rotatable bonds is 4. The third kappa shape index (κ3) is 3.86. The van der Waals surface area contributed by atoms with Gasteiger partial charge in [0.1, 0.15) is 18.2 Å². The summed E-state index contributed by atoms with van der Waals surface area (Å²) in [6.07, 6.45) is 3.42. The maximum absolute atomic E-state index is 13.5. The number of amides is 1. The van der Waals surface area contributed by atoms with Crippen LogP contribution < -0.4 is 4.90 Å². The van der Waals surface area contributed by atoms with E-state index in [-0.39, 0.29) is 11.9 Å². The summed E-state index contributed by atoms with van der Waals surface area (Å²) in [7, 11) is 1.89. The molecule has 0 radical (unpaired) electrons. The molecule has 2 saturated heterocycles. The minimum Gasteiger partial charge on any atom is -0.378 e. The Kier molecular flexibility index (Phi) is 5.52. The van der Waals surface area contributed by atoms with Gasteiger partial charge >= 0.3 is 0 Å². The molecule has 9 nitrogen and oxygen atoms in total. The Labute approximate surface area is 181 Å². The summed E-state index contributed by atoms with van der Waals surface area (Å²) in [5.74, 6) is 1.08. The molecular formula is C22H27N7O2. The normalized spacial score (nSPS) is 19.0. The van der Waals surface area contributed by atoms with Crippen molar-refractivity contribution in [2.45, 2.75) is 6.04 Å². The van der Waals surface area contributed by atoms with Crippen molar-refractivity contribution < 1.29 is 9.53 Å². The molecule has 31 heavy (non-hydrogen) atoms. The first-order valence-electron chi connectivity index (χ1n) is 10.8. The lowest BCUT2D eigenvalue weighted by atomic mass is 10.0. The first kappa shape index (κ1) is 19.9. The number of fused-ring (bicyclic) bond motifs is 1. The average molecular weight is 422 g/mol. The predicted octanol–water partition coefficient (Wildman–Crippen LogP) is 1.09. The van der Waals surface area contributed by atoms with Crippen LogP contribution in [0.4, 0.5) is 5.82 Å². The highest BCUT2D eigenvalue weighted by Crippen LogP contribution is 2.28. The van der Waals surface area contributed by atoms with Gasteiger partial charge in [-0.1, -0.05) is 30.3 Å². The number of nitrogens with zero attached hydrogens (tertiary/aromatic N) is 7. The molecule has 0 saturated carbocycles. The van der Waals surface area contributed by atoms with Crippen LogP contribution in [0.5, 0.6) is 0 Å². The van der Waals surface area contributed by atoms with E-state index >= 15 is 0 Å². The van der Waals surface area contributed by atoms with Gasteiger partial charge in [-0.15, -0.1) is 0 Å². The zero-order chi connectivity index (χ0) is 21.2. The van der Waals surface area contributed by atoms with Gasteiger partial charge in [0, 0.05) is 46.3 Å². The van der Waals surface area contributed by atoms with Crippen LogP contribution in [-0.4, -0.2) is 87.9 Å². The Balaban J connectivity index is 1.36. The molecule has 2 fully saturated rings. The number of anilines is 1. The minimum absolute atomic E-state index is 0.166. The van der Waals surface area contributed by atoms with Crippen molar-refractivity contribution in [1.82, 2.24) is 29.5 Å². The SMILES string of the molecule is Cn1ncc2c(N3CCN(C(C(=O)N4CCOCC4)c4ccccc4)CC3)ncnc21. The zero-order valence-electron chi connectivity index (χ0n) is 17.7. The molecule has 0 spiro atoms. The second kappa shape index (κ2) is 8.60. The zero-order valence-corrected chi connectivity index (χ0v) is 17.7. The number of hydrogen-bond acceptors (Lipinski definition) is 7. The number of carbonyl (C=O) groups is 1. The summed E-state index contributed by atoms with van der Waals surface area (Å²) in [5.41, 5.74) is 1.88. The molecule has 5 rings (SSSR count). The highest BCUT2D eigenvalue weighted by Gasteiger charge is 2.34. The molecule has 1 aromatic carbocycles. The molecule has 9 heteroatoms. The van der Waals surface area contributed by atoms with Crippen LogP contribution in [-0.2, 0) is 16.6 Å². The van der Waals surface area contributed by atoms with Crippen molar-refractivity contribution in [2.75, 3.05) is 57.4 Å². The van der Waals surface area contributed by atoms with Crippen LogP contribution in [0.15, 0.2) is 42.9 Å². The Morgan fingerprint density at radius 1 is 1.00 bits per heavy atom. The standard InChI is InChI=1S/C22H27N7O2/c1-26-20-18(15-25-26)21(24-16-23-20)28-9-7-27(8-10-28)19(17-5-3-2-4-6-17)22(30)29-11-13-31-14-12-29/h2-6,15-16,19H,7-14H2,1H3. The topological polar surface area (TPSA) is 79.6 Å². The quantitative estimate of drug-likeness (QED) is 0.624. The Bertz CT molecular complexity index is 1040. The molecule has 0 N–H and O–H groups in total. The van der Waals surface area contributed by atoms with E-state index in [1.54, 1.807) is 11.0 Å². The third-order valence-electron chi connectivity index (χ3n) is 6.16. The van der Waals surface area contributed by atoms with Gasteiger partial charge in [-0.3, -0.25) is 14.4 Å². The Hall–Kier alpha value is -3.04. The minimum atomic E-state index is -0.273. The summed E-state index contributed by atoms with van der Waals surface area (Å²) in [4.78, 5) is 28.9. The number of piperazine rings is 1. The Morgan fingerprint density at radius 3 is 2.48 bits per heavy atom. The molecule has 1 amide bonds. The van der Waals surface area contributed by atoms with Gasteiger partial charge in [0.25, 0.3) is 0 Å². The lowest BCUT2D eigenvalue weighted by Gasteiger charge is -2.41. The number of aromatic nitrogens is 4. The van der Waals surface area contributed by atoms with E-state index in [1.807, 2.05) is 36.3 Å². The second-order valence-electron chi connectivity index (χ2n) is 7.98. The number of aryl methyl sites for hydroxylation is 1. The molecule has 1 unspecified atom stereocenters. The van der Waals surface area contributed by atoms with E-state index in [9.17, 15) is 4.79 Å². The smallest absolute Gasteiger partial charge is 0.244 e. The van der Waals surface area contributed by atoms with Crippen LogP contribution in [0, 0.1) is 0 Å². The molecule has 2 aromatic heterocycles. The number of benzene rings is 1. The predicted molar refractivity (Wildman–Crippen MR) is 117 cm³/mol. The summed E-state index contributed by atoms with van der Waals surface area (Å²) in [6, 6.07) is 9.84. The molecule has 162 valence electrons. The van der Waals surface area contributed by atoms with Gasteiger partial charge in [-0.05, 0) is 5.56 Å². The van der Waals surface area contributed by atoms with Gasteiger partial charge in [-0.2, -0.15) is 5.10 Å². The van der Waals surface area contributed by atoms with E-state index in [1.165, 1.54) is 0 Å². The number of hydrogen-bond donors (Lipinski definition) is 0. The van der Waals surface area contributed by atoms with Crippen LogP contribution in [0.3, 0.4) is 0 Å². The molecule has 4 heterocycles. The van der Waals surface area contributed by atoms with Crippen molar-refractivity contribution in [3.63, 3.8) is 0 Å². The maximum Gasteiger partial charge on any atom is 0.244 e. The second-order valence-corrected chi connectivity index (χ2v) is 7.98. The van der Waals surface area contributed by atoms with E-state index in [0.29, 0.717) is 26.3 Å². The van der Waals surface area contributed by atoms with E-state index < -0.39 is 0 Å². The van der Waals surface area contributed by atoms with Crippen molar-refractivity contribution >= 4 is 22.8 Å². The average Bonchev–Trinajstić information content (AvgIpc) is 3.22. The van der Waals surface area contributed by atoms with Gasteiger partial charge in [0.2, 0.25) is 5.91 Å². The van der Waals surface area contributed by atoms with Crippen molar-refractivity contribution in [1.29, 1.82) is 0 Å². The third-order valence-corrected chi connectivity index (χ3v) is 6.16. The van der Waals surface area contributed by atoms with Crippen molar-refractivity contribution in [3.8, 4) is 0 Å². The fraction of sp³-hybridized carbons (Fsp3) is 0.455. The van der Waals surface area contributed by atoms with Crippen LogP contribution >= 0.6 is 0 Å². The molecule has 1 atom stereocenters. The van der Waals surface area contributed by atoms with Gasteiger partial charge in [0.05, 0.1) is 24.8 Å². The van der Waals surface area contributed by atoms with Crippen LogP contribution in [0.1, 0.15) is 11.6 Å². The molecule has 0 aliphatic carbocycles. The Morgan fingerprint density at radius 2 is 1.74 bits per heavy atom. The summed E-state index contributed by atoms with van der Waals surface area (Å²) >= 11 is 0. The number of morpholine rings is 1. The molecule has 3 aromatic rings. The van der Waals surface area contributed by atoms with E-state index in [4.69, 9.17) is 4.74 Å². The highest BCUT2D eigenvalue weighted by molar-refractivity contribution is 5.87. The monoisotopic (exact) mass is 421 g/mol. The summed E-state index contributed by atoms with van der Waals surface area (Å²) < 4.78 is 7.21. The number of carbonyl (C=O) groups excluding carboxylic acids is 1. The lowest BCUT2D eigenvalue weighted by molar-refractivity contribution is -0.141. The first-order valence-corrected chi connectivity index (χ1v) is 10.8. The van der Waals surface area contributed by atoms with E-state index in [0.717, 1.165) is 48.6 Å². The van der Waals surface area contributed by atoms with Crippen LogP contribution in [0.2, 0.25) is 0 Å². The lowest BCUT2D eigenvalue weighted by Crippen LogP contribution is -2.53. The molecule has 2 aliphatic rings. The first-order chi connectivity index (χ1) is 15.2. The largest absolute Gasteiger partial charge is 0.378 e. The van der Waals surface area contributed by atoms with Crippen molar-refractivity contribution in [2.24, 2.45) is 7.05 Å². The highest BCUT2D eigenvalue weighted by atomic mass is 16.5. The van der Waals surface area contributed by atoms with E-state index in [2.05, 4.69) is 37.0 Å². The van der Waals surface area contributed by atoms with Gasteiger partial charge in [-0.25, -0.2) is 9.97 Å².